The van der Waals surface area contributed by atoms with E-state index in [0.717, 1.165) is 39.3 Å². The van der Waals surface area contributed by atoms with Gasteiger partial charge in [0.25, 0.3) is 0 Å². The minimum absolute atomic E-state index is 0.165. The first-order valence-corrected chi connectivity index (χ1v) is 6.67. The van der Waals surface area contributed by atoms with E-state index in [2.05, 4.69) is 16.7 Å². The molecular formula is C13H28N2O2. The molecule has 1 unspecified atom stereocenters. The summed E-state index contributed by atoms with van der Waals surface area (Å²) in [5.41, 5.74) is -0.165. The third kappa shape index (κ3) is 6.36. The Morgan fingerprint density at radius 2 is 1.65 bits per heavy atom. The van der Waals surface area contributed by atoms with Gasteiger partial charge in [0.2, 0.25) is 0 Å². The van der Waals surface area contributed by atoms with Crippen LogP contribution >= 0.6 is 0 Å². The van der Waals surface area contributed by atoms with Gasteiger partial charge in [-0.2, -0.15) is 0 Å². The molecule has 102 valence electrons. The first-order chi connectivity index (χ1) is 7.90. The third-order valence-electron chi connectivity index (χ3n) is 3.09. The summed E-state index contributed by atoms with van der Waals surface area (Å²) >= 11 is 0. The lowest BCUT2D eigenvalue weighted by Crippen LogP contribution is -2.49. The molecule has 1 saturated heterocycles. The lowest BCUT2D eigenvalue weighted by Gasteiger charge is -2.35. The Balaban J connectivity index is 2.17. The normalized spacial score (nSPS) is 21.7. The highest BCUT2D eigenvalue weighted by molar-refractivity contribution is 4.74. The predicted molar refractivity (Wildman–Crippen MR) is 70.3 cm³/mol. The van der Waals surface area contributed by atoms with Crippen molar-refractivity contribution in [3.05, 3.63) is 0 Å². The Bertz CT molecular complexity index is 208. The lowest BCUT2D eigenvalue weighted by molar-refractivity contribution is -0.0585. The predicted octanol–water partition coefficient (Wildman–Crippen LogP) is 0.800. The summed E-state index contributed by atoms with van der Waals surface area (Å²) in [6.07, 6.45) is -0.373. The molecule has 0 aromatic heterocycles. The number of β-amino-alcohol motifs (C(OH)–C–C–N with tert-alkyl or cyclic N) is 1. The van der Waals surface area contributed by atoms with Crippen LogP contribution in [0.1, 0.15) is 27.7 Å². The second-order valence-corrected chi connectivity index (χ2v) is 5.81. The molecule has 0 amide bonds. The zero-order valence-corrected chi connectivity index (χ0v) is 11.8. The molecule has 1 atom stereocenters. The van der Waals surface area contributed by atoms with E-state index < -0.39 is 0 Å². The second-order valence-electron chi connectivity index (χ2n) is 5.81. The third-order valence-corrected chi connectivity index (χ3v) is 3.09. The van der Waals surface area contributed by atoms with Crippen LogP contribution in [0.2, 0.25) is 0 Å². The van der Waals surface area contributed by atoms with Gasteiger partial charge < -0.3 is 14.7 Å². The molecule has 4 nitrogen and oxygen atoms in total. The average molecular weight is 244 g/mol. The summed E-state index contributed by atoms with van der Waals surface area (Å²) in [7, 11) is 0. The number of hydrogen-bond donors (Lipinski definition) is 1. The number of rotatable bonds is 5. The Labute approximate surface area is 106 Å². The number of nitrogens with zero attached hydrogens (tertiary/aromatic N) is 2. The number of likely N-dealkylation sites (N-methyl/N-ethyl adjacent to an activating group) is 1. The minimum atomic E-state index is -0.373. The molecule has 1 rings (SSSR count). The van der Waals surface area contributed by atoms with E-state index in [9.17, 15) is 5.11 Å². The van der Waals surface area contributed by atoms with Crippen molar-refractivity contribution in [1.29, 1.82) is 0 Å². The van der Waals surface area contributed by atoms with Gasteiger partial charge in [0, 0.05) is 32.7 Å². The number of ether oxygens (including phenoxy) is 1. The van der Waals surface area contributed by atoms with Crippen LogP contribution < -0.4 is 0 Å². The highest BCUT2D eigenvalue weighted by Gasteiger charge is 2.19. The maximum absolute atomic E-state index is 9.91. The molecule has 0 bridgehead atoms. The van der Waals surface area contributed by atoms with Crippen LogP contribution in [0, 0.1) is 0 Å². The number of piperazine rings is 1. The molecule has 0 radical (unpaired) electrons. The Kier molecular flexibility index (Phi) is 5.86. The van der Waals surface area contributed by atoms with E-state index in [0.29, 0.717) is 6.61 Å². The SMILES string of the molecule is CCN1CCN(CC(O)COC(C)(C)C)CC1. The van der Waals surface area contributed by atoms with Crippen molar-refractivity contribution in [1.82, 2.24) is 9.80 Å². The zero-order valence-electron chi connectivity index (χ0n) is 11.8. The van der Waals surface area contributed by atoms with Crippen molar-refractivity contribution in [2.75, 3.05) is 45.9 Å². The van der Waals surface area contributed by atoms with Crippen LogP contribution in [-0.2, 0) is 4.74 Å². The molecule has 0 aromatic carbocycles. The summed E-state index contributed by atoms with van der Waals surface area (Å²) in [6.45, 7) is 14.9. The molecule has 1 heterocycles. The second kappa shape index (κ2) is 6.69. The molecule has 1 N–H and O–H groups in total. The monoisotopic (exact) mass is 244 g/mol. The van der Waals surface area contributed by atoms with Crippen LogP contribution in [0.5, 0.6) is 0 Å². The molecule has 0 saturated carbocycles. The molecule has 0 spiro atoms. The van der Waals surface area contributed by atoms with Gasteiger partial charge in [-0.1, -0.05) is 6.92 Å². The Morgan fingerprint density at radius 3 is 2.12 bits per heavy atom. The van der Waals surface area contributed by atoms with Crippen molar-refractivity contribution in [2.24, 2.45) is 0 Å². The van der Waals surface area contributed by atoms with Crippen LogP contribution in [0.15, 0.2) is 0 Å². The van der Waals surface area contributed by atoms with Gasteiger partial charge in [0.1, 0.15) is 0 Å². The molecule has 1 fully saturated rings. The van der Waals surface area contributed by atoms with E-state index in [4.69, 9.17) is 4.74 Å². The largest absolute Gasteiger partial charge is 0.389 e. The van der Waals surface area contributed by atoms with Gasteiger partial charge in [0.15, 0.2) is 0 Å². The van der Waals surface area contributed by atoms with Gasteiger partial charge in [-0.05, 0) is 27.3 Å². The van der Waals surface area contributed by atoms with E-state index in [1.165, 1.54) is 0 Å². The zero-order chi connectivity index (χ0) is 12.9. The van der Waals surface area contributed by atoms with Crippen LogP contribution in [0.3, 0.4) is 0 Å². The minimum Gasteiger partial charge on any atom is -0.389 e. The molecule has 0 aromatic rings. The van der Waals surface area contributed by atoms with Crippen LogP contribution in [0.25, 0.3) is 0 Å². The molecular weight excluding hydrogens is 216 g/mol. The summed E-state index contributed by atoms with van der Waals surface area (Å²) < 4.78 is 5.59. The average Bonchev–Trinajstić information content (AvgIpc) is 2.27. The van der Waals surface area contributed by atoms with Crippen molar-refractivity contribution < 1.29 is 9.84 Å². The van der Waals surface area contributed by atoms with Crippen molar-refractivity contribution >= 4 is 0 Å². The van der Waals surface area contributed by atoms with Crippen LogP contribution in [0.4, 0.5) is 0 Å². The summed E-state index contributed by atoms with van der Waals surface area (Å²) in [4.78, 5) is 4.76. The highest BCUT2D eigenvalue weighted by Crippen LogP contribution is 2.08. The lowest BCUT2D eigenvalue weighted by atomic mass is 10.2. The van der Waals surface area contributed by atoms with Gasteiger partial charge in [-0.15, -0.1) is 0 Å². The van der Waals surface area contributed by atoms with E-state index in [1.807, 2.05) is 20.8 Å². The summed E-state index contributed by atoms with van der Waals surface area (Å²) in [5, 5.41) is 9.91. The van der Waals surface area contributed by atoms with Crippen molar-refractivity contribution in [3.8, 4) is 0 Å². The highest BCUT2D eigenvalue weighted by atomic mass is 16.5. The van der Waals surface area contributed by atoms with E-state index in [-0.39, 0.29) is 11.7 Å². The van der Waals surface area contributed by atoms with Gasteiger partial charge in [-0.25, -0.2) is 0 Å². The first kappa shape index (κ1) is 14.9. The standard InChI is InChI=1S/C13H28N2O2/c1-5-14-6-8-15(9-7-14)10-12(16)11-17-13(2,3)4/h12,16H,5-11H2,1-4H3. The quantitative estimate of drug-likeness (QED) is 0.776. The first-order valence-electron chi connectivity index (χ1n) is 6.67. The van der Waals surface area contributed by atoms with E-state index >= 15 is 0 Å². The molecule has 1 aliphatic heterocycles. The summed E-state index contributed by atoms with van der Waals surface area (Å²) in [5.74, 6) is 0. The van der Waals surface area contributed by atoms with Crippen LogP contribution in [-0.4, -0.2) is 72.5 Å². The fourth-order valence-corrected chi connectivity index (χ4v) is 1.99. The Hall–Kier alpha value is -0.160. The Morgan fingerprint density at radius 1 is 1.12 bits per heavy atom. The van der Waals surface area contributed by atoms with Gasteiger partial charge >= 0.3 is 0 Å². The molecule has 4 heteroatoms. The number of hydrogen-bond acceptors (Lipinski definition) is 4. The fraction of sp³-hybridized carbons (Fsp3) is 1.00. The topological polar surface area (TPSA) is 35.9 Å². The molecule has 1 aliphatic rings. The number of aliphatic hydroxyl groups excluding tert-OH is 1. The van der Waals surface area contributed by atoms with E-state index in [1.54, 1.807) is 0 Å². The van der Waals surface area contributed by atoms with Gasteiger partial charge in [-0.3, -0.25) is 4.90 Å². The summed E-state index contributed by atoms with van der Waals surface area (Å²) in [6, 6.07) is 0. The van der Waals surface area contributed by atoms with Crippen molar-refractivity contribution in [2.45, 2.75) is 39.4 Å². The number of aliphatic hydroxyl groups is 1. The molecule has 0 aliphatic carbocycles. The van der Waals surface area contributed by atoms with Crippen molar-refractivity contribution in [3.63, 3.8) is 0 Å². The maximum atomic E-state index is 9.91. The maximum Gasteiger partial charge on any atom is 0.0900 e. The fourth-order valence-electron chi connectivity index (χ4n) is 1.99. The van der Waals surface area contributed by atoms with Gasteiger partial charge in [0.05, 0.1) is 18.3 Å². The smallest absolute Gasteiger partial charge is 0.0900 e. The molecule has 17 heavy (non-hydrogen) atoms.